The molecule has 0 radical (unpaired) electrons. The maximum Gasteiger partial charge on any atom is 0.340 e. The zero-order chi connectivity index (χ0) is 14.6. The highest BCUT2D eigenvalue weighted by Crippen LogP contribution is 2.43. The van der Waals surface area contributed by atoms with Gasteiger partial charge in [0.2, 0.25) is 0 Å². The summed E-state index contributed by atoms with van der Waals surface area (Å²) in [5, 5.41) is 3.40. The van der Waals surface area contributed by atoms with Gasteiger partial charge in [-0.1, -0.05) is 19.4 Å². The van der Waals surface area contributed by atoms with Crippen LogP contribution in [-0.4, -0.2) is 19.6 Å². The molecule has 2 rings (SSSR count). The first-order chi connectivity index (χ1) is 9.60. The van der Waals surface area contributed by atoms with Crippen molar-refractivity contribution in [1.82, 2.24) is 5.32 Å². The van der Waals surface area contributed by atoms with Crippen molar-refractivity contribution in [2.75, 3.05) is 13.7 Å². The maximum atomic E-state index is 13.8. The second-order valence-electron chi connectivity index (χ2n) is 5.62. The van der Waals surface area contributed by atoms with Crippen LogP contribution in [0.5, 0.6) is 0 Å². The van der Waals surface area contributed by atoms with Gasteiger partial charge in [0, 0.05) is 13.1 Å². The van der Waals surface area contributed by atoms with E-state index in [0.29, 0.717) is 12.0 Å². The van der Waals surface area contributed by atoms with E-state index in [1.807, 2.05) is 0 Å². The normalized spacial score (nSPS) is 16.6. The molecule has 0 saturated heterocycles. The van der Waals surface area contributed by atoms with E-state index in [1.165, 1.54) is 44.9 Å². The summed E-state index contributed by atoms with van der Waals surface area (Å²) < 4.78 is 18.3. The molecular formula is C16H22FNO2. The first kappa shape index (κ1) is 15.0. The molecule has 110 valence electrons. The molecule has 0 amide bonds. The number of nitrogens with one attached hydrogen (secondary N) is 1. The third kappa shape index (κ3) is 3.18. The fourth-order valence-electron chi connectivity index (χ4n) is 2.75. The van der Waals surface area contributed by atoms with Crippen LogP contribution >= 0.6 is 0 Å². The second kappa shape index (κ2) is 6.35. The van der Waals surface area contributed by atoms with E-state index in [-0.39, 0.29) is 5.56 Å². The predicted molar refractivity (Wildman–Crippen MR) is 76.0 cm³/mol. The van der Waals surface area contributed by atoms with E-state index in [4.69, 9.17) is 0 Å². The lowest BCUT2D eigenvalue weighted by molar-refractivity contribution is 0.0595. The molecule has 0 unspecified atom stereocenters. The fraction of sp³-hybridized carbons (Fsp3) is 0.562. The van der Waals surface area contributed by atoms with Gasteiger partial charge in [0.15, 0.2) is 0 Å². The first-order valence-corrected chi connectivity index (χ1v) is 7.18. The minimum Gasteiger partial charge on any atom is -0.465 e. The van der Waals surface area contributed by atoms with E-state index in [2.05, 4.69) is 17.0 Å². The zero-order valence-electron chi connectivity index (χ0n) is 12.2. The quantitative estimate of drug-likeness (QED) is 0.812. The lowest BCUT2D eigenvalue weighted by Gasteiger charge is -2.41. The van der Waals surface area contributed by atoms with Crippen LogP contribution in [0, 0.1) is 11.2 Å². The topological polar surface area (TPSA) is 38.3 Å². The van der Waals surface area contributed by atoms with Gasteiger partial charge < -0.3 is 10.1 Å². The van der Waals surface area contributed by atoms with Crippen molar-refractivity contribution in [2.24, 2.45) is 5.41 Å². The standard InChI is InChI=1S/C16H22FNO2/c1-3-16(7-4-8-16)11-18-10-12-5-6-13(14(17)9-12)15(19)20-2/h5-6,9,18H,3-4,7-8,10-11H2,1-2H3. The Morgan fingerprint density at radius 2 is 2.20 bits per heavy atom. The Morgan fingerprint density at radius 1 is 1.45 bits per heavy atom. The minimum atomic E-state index is -0.638. The largest absolute Gasteiger partial charge is 0.465 e. The van der Waals surface area contributed by atoms with Gasteiger partial charge in [0.05, 0.1) is 12.7 Å². The summed E-state index contributed by atoms with van der Waals surface area (Å²) in [5.41, 5.74) is 1.28. The van der Waals surface area contributed by atoms with Crippen molar-refractivity contribution < 1.29 is 13.9 Å². The number of ether oxygens (including phenoxy) is 1. The highest BCUT2D eigenvalue weighted by atomic mass is 19.1. The summed E-state index contributed by atoms with van der Waals surface area (Å²) >= 11 is 0. The Labute approximate surface area is 119 Å². The molecule has 1 aromatic carbocycles. The summed E-state index contributed by atoms with van der Waals surface area (Å²) in [6.45, 7) is 3.83. The molecule has 0 aliphatic heterocycles. The zero-order valence-corrected chi connectivity index (χ0v) is 12.2. The number of rotatable bonds is 6. The summed E-state index contributed by atoms with van der Waals surface area (Å²) in [4.78, 5) is 11.3. The lowest BCUT2D eigenvalue weighted by atomic mass is 9.67. The highest BCUT2D eigenvalue weighted by Gasteiger charge is 2.34. The molecule has 1 N–H and O–H groups in total. The maximum absolute atomic E-state index is 13.8. The van der Waals surface area contributed by atoms with E-state index in [1.54, 1.807) is 6.07 Å². The molecule has 20 heavy (non-hydrogen) atoms. The number of halogens is 1. The van der Waals surface area contributed by atoms with Gasteiger partial charge in [-0.05, 0) is 42.4 Å². The number of methoxy groups -OCH3 is 1. The molecule has 0 aromatic heterocycles. The van der Waals surface area contributed by atoms with Gasteiger partial charge in [-0.3, -0.25) is 0 Å². The Hall–Kier alpha value is -1.42. The van der Waals surface area contributed by atoms with Crippen LogP contribution in [-0.2, 0) is 11.3 Å². The van der Waals surface area contributed by atoms with Crippen LogP contribution < -0.4 is 5.32 Å². The van der Waals surface area contributed by atoms with Crippen molar-refractivity contribution in [1.29, 1.82) is 0 Å². The molecule has 1 aliphatic carbocycles. The number of hydrogen-bond acceptors (Lipinski definition) is 3. The molecule has 1 aliphatic rings. The SMILES string of the molecule is CCC1(CNCc2ccc(C(=O)OC)c(F)c2)CCC1. The van der Waals surface area contributed by atoms with Crippen molar-refractivity contribution in [3.8, 4) is 0 Å². The van der Waals surface area contributed by atoms with Gasteiger partial charge in [0.25, 0.3) is 0 Å². The number of benzene rings is 1. The van der Waals surface area contributed by atoms with Gasteiger partial charge in [-0.2, -0.15) is 0 Å². The summed E-state index contributed by atoms with van der Waals surface area (Å²) in [7, 11) is 1.25. The molecule has 0 heterocycles. The van der Waals surface area contributed by atoms with Crippen LogP contribution in [0.2, 0.25) is 0 Å². The van der Waals surface area contributed by atoms with E-state index in [0.717, 1.165) is 12.1 Å². The van der Waals surface area contributed by atoms with Crippen LogP contribution in [0.25, 0.3) is 0 Å². The third-order valence-corrected chi connectivity index (χ3v) is 4.43. The van der Waals surface area contributed by atoms with Gasteiger partial charge in [0.1, 0.15) is 5.82 Å². The number of esters is 1. The van der Waals surface area contributed by atoms with Crippen LogP contribution in [0.3, 0.4) is 0 Å². The number of hydrogen-bond donors (Lipinski definition) is 1. The van der Waals surface area contributed by atoms with Crippen molar-refractivity contribution in [3.05, 3.63) is 35.1 Å². The van der Waals surface area contributed by atoms with Crippen molar-refractivity contribution in [3.63, 3.8) is 0 Å². The summed E-state index contributed by atoms with van der Waals surface area (Å²) in [6, 6.07) is 4.65. The Kier molecular flexibility index (Phi) is 4.76. The number of carbonyl (C=O) groups excluding carboxylic acids is 1. The molecule has 1 saturated carbocycles. The monoisotopic (exact) mass is 279 g/mol. The van der Waals surface area contributed by atoms with Gasteiger partial charge >= 0.3 is 5.97 Å². The average Bonchev–Trinajstić information content (AvgIpc) is 2.41. The highest BCUT2D eigenvalue weighted by molar-refractivity contribution is 5.89. The van der Waals surface area contributed by atoms with Crippen LogP contribution in [0.15, 0.2) is 18.2 Å². The molecule has 1 fully saturated rings. The molecule has 4 heteroatoms. The minimum absolute atomic E-state index is 0.0136. The van der Waals surface area contributed by atoms with Gasteiger partial charge in [-0.25, -0.2) is 9.18 Å². The Balaban J connectivity index is 1.90. The van der Waals surface area contributed by atoms with Crippen molar-refractivity contribution >= 4 is 5.97 Å². The summed E-state index contributed by atoms with van der Waals surface area (Å²) in [5.74, 6) is -1.16. The second-order valence-corrected chi connectivity index (χ2v) is 5.62. The van der Waals surface area contributed by atoms with E-state index < -0.39 is 11.8 Å². The molecule has 0 spiro atoms. The molecule has 0 atom stereocenters. The molecule has 0 bridgehead atoms. The first-order valence-electron chi connectivity index (χ1n) is 7.18. The molecular weight excluding hydrogens is 257 g/mol. The Morgan fingerprint density at radius 3 is 2.70 bits per heavy atom. The lowest BCUT2D eigenvalue weighted by Crippen LogP contribution is -2.39. The van der Waals surface area contributed by atoms with Crippen LogP contribution in [0.1, 0.15) is 48.5 Å². The number of carbonyl (C=O) groups is 1. The summed E-state index contributed by atoms with van der Waals surface area (Å²) in [6.07, 6.45) is 5.08. The smallest absolute Gasteiger partial charge is 0.340 e. The predicted octanol–water partition coefficient (Wildman–Crippen LogP) is 3.28. The fourth-order valence-corrected chi connectivity index (χ4v) is 2.75. The van der Waals surface area contributed by atoms with Crippen LogP contribution in [0.4, 0.5) is 4.39 Å². The van der Waals surface area contributed by atoms with E-state index >= 15 is 0 Å². The van der Waals surface area contributed by atoms with Crippen molar-refractivity contribution in [2.45, 2.75) is 39.2 Å². The van der Waals surface area contributed by atoms with E-state index in [9.17, 15) is 9.18 Å². The third-order valence-electron chi connectivity index (χ3n) is 4.43. The molecule has 3 nitrogen and oxygen atoms in total. The average molecular weight is 279 g/mol. The van der Waals surface area contributed by atoms with Gasteiger partial charge in [-0.15, -0.1) is 0 Å². The Bertz CT molecular complexity index is 478. The molecule has 1 aromatic rings.